The van der Waals surface area contributed by atoms with Gasteiger partial charge in [0.1, 0.15) is 6.61 Å². The molecule has 0 aliphatic heterocycles. The molecule has 1 N–H and O–H groups in total. The highest BCUT2D eigenvalue weighted by Crippen LogP contribution is 2.43. The van der Waals surface area contributed by atoms with E-state index in [1.807, 2.05) is 19.0 Å². The van der Waals surface area contributed by atoms with E-state index in [0.717, 1.165) is 51.4 Å². The minimum Gasteiger partial charge on any atom is -0.462 e. The fourth-order valence-electron chi connectivity index (χ4n) is 5.85. The first-order valence-electron chi connectivity index (χ1n) is 21.6. The van der Waals surface area contributed by atoms with Crippen LogP contribution in [0.1, 0.15) is 194 Å². The smallest absolute Gasteiger partial charge is 0.462 e. The van der Waals surface area contributed by atoms with Crippen LogP contribution in [0.3, 0.4) is 0 Å². The number of carbonyl (C=O) groups excluding carboxylic acids is 2. The largest absolute Gasteiger partial charge is 0.472 e. The summed E-state index contributed by atoms with van der Waals surface area (Å²) >= 11 is 0. The van der Waals surface area contributed by atoms with Crippen molar-refractivity contribution in [2.75, 3.05) is 40.5 Å². The van der Waals surface area contributed by atoms with Crippen LogP contribution in [0.15, 0.2) is 24.3 Å². The first kappa shape index (κ1) is 51.5. The van der Waals surface area contributed by atoms with E-state index in [-0.39, 0.29) is 32.0 Å². The summed E-state index contributed by atoms with van der Waals surface area (Å²) < 4.78 is 33.4. The van der Waals surface area contributed by atoms with Crippen LogP contribution in [0.4, 0.5) is 0 Å². The van der Waals surface area contributed by atoms with Crippen molar-refractivity contribution in [3.05, 3.63) is 24.3 Å². The predicted octanol–water partition coefficient (Wildman–Crippen LogP) is 12.2. The molecule has 0 amide bonds. The maximum absolute atomic E-state index is 12.6. The number of carbonyl (C=O) groups is 2. The van der Waals surface area contributed by atoms with Gasteiger partial charge in [-0.05, 0) is 78.3 Å². The van der Waals surface area contributed by atoms with Gasteiger partial charge in [0.15, 0.2) is 6.10 Å². The van der Waals surface area contributed by atoms with E-state index in [1.54, 1.807) is 0 Å². The number of ether oxygens (including phenoxy) is 2. The summed E-state index contributed by atoms with van der Waals surface area (Å²) in [7, 11) is -0.711. The van der Waals surface area contributed by atoms with Gasteiger partial charge in [-0.15, -0.1) is 0 Å². The van der Waals surface area contributed by atoms with Gasteiger partial charge in [-0.25, -0.2) is 4.57 Å². The number of rotatable bonds is 40. The maximum Gasteiger partial charge on any atom is 0.472 e. The average molecular weight is 772 g/mol. The molecule has 312 valence electrons. The van der Waals surface area contributed by atoms with Gasteiger partial charge < -0.3 is 19.3 Å². The molecule has 2 unspecified atom stereocenters. The van der Waals surface area contributed by atoms with E-state index >= 15 is 0 Å². The van der Waals surface area contributed by atoms with Gasteiger partial charge in [0.2, 0.25) is 0 Å². The Bertz CT molecular complexity index is 941. The second kappa shape index (κ2) is 38.8. The average Bonchev–Trinajstić information content (AvgIpc) is 3.12. The Morgan fingerprint density at radius 1 is 0.566 bits per heavy atom. The number of phosphoric acid groups is 1. The fourth-order valence-corrected chi connectivity index (χ4v) is 6.59. The minimum atomic E-state index is -4.36. The van der Waals surface area contributed by atoms with Crippen LogP contribution in [-0.2, 0) is 32.7 Å². The van der Waals surface area contributed by atoms with E-state index in [4.69, 9.17) is 18.5 Å². The Balaban J connectivity index is 4.30. The van der Waals surface area contributed by atoms with Gasteiger partial charge in [0.25, 0.3) is 0 Å². The third-order valence-corrected chi connectivity index (χ3v) is 10.2. The number of hydrogen-bond donors (Lipinski definition) is 1. The summed E-state index contributed by atoms with van der Waals surface area (Å²) in [4.78, 5) is 37.0. The molecule has 0 fully saturated rings. The summed E-state index contributed by atoms with van der Waals surface area (Å²) in [6, 6.07) is 0. The van der Waals surface area contributed by atoms with Gasteiger partial charge >= 0.3 is 19.8 Å². The van der Waals surface area contributed by atoms with Gasteiger partial charge in [-0.2, -0.15) is 0 Å². The van der Waals surface area contributed by atoms with Crippen molar-refractivity contribution in [2.45, 2.75) is 200 Å². The molecule has 0 rings (SSSR count). The third-order valence-electron chi connectivity index (χ3n) is 9.23. The Kier molecular flexibility index (Phi) is 37.6. The fraction of sp³-hybridized carbons (Fsp3) is 0.860. The highest BCUT2D eigenvalue weighted by atomic mass is 31.2. The molecule has 0 saturated carbocycles. The molecule has 0 saturated heterocycles. The first-order chi connectivity index (χ1) is 25.7. The lowest BCUT2D eigenvalue weighted by molar-refractivity contribution is -0.161. The number of phosphoric ester groups is 1. The molecule has 0 spiro atoms. The second-order valence-electron chi connectivity index (χ2n) is 14.9. The second-order valence-corrected chi connectivity index (χ2v) is 16.3. The van der Waals surface area contributed by atoms with Crippen molar-refractivity contribution in [3.8, 4) is 0 Å². The molecule has 0 aromatic heterocycles. The molecule has 53 heavy (non-hydrogen) atoms. The van der Waals surface area contributed by atoms with Crippen molar-refractivity contribution in [2.24, 2.45) is 0 Å². The summed E-state index contributed by atoms with van der Waals surface area (Å²) in [5.74, 6) is -0.809. The molecule has 0 bridgehead atoms. The van der Waals surface area contributed by atoms with Crippen LogP contribution in [0.2, 0.25) is 0 Å². The number of likely N-dealkylation sites (N-methyl/N-ethyl adjacent to an activating group) is 1. The molecule has 0 aromatic carbocycles. The number of unbranched alkanes of at least 4 members (excludes halogenated alkanes) is 22. The topological polar surface area (TPSA) is 112 Å². The van der Waals surface area contributed by atoms with Crippen LogP contribution in [0, 0.1) is 0 Å². The van der Waals surface area contributed by atoms with Gasteiger partial charge in [-0.1, -0.05) is 141 Å². The molecule has 0 aliphatic carbocycles. The Morgan fingerprint density at radius 3 is 1.40 bits per heavy atom. The first-order valence-corrected chi connectivity index (χ1v) is 23.1. The van der Waals surface area contributed by atoms with E-state index < -0.39 is 26.5 Å². The summed E-state index contributed by atoms with van der Waals surface area (Å²) in [5.41, 5.74) is 0. The number of allylic oxidation sites excluding steroid dienone is 4. The van der Waals surface area contributed by atoms with Gasteiger partial charge in [0, 0.05) is 19.4 Å². The summed E-state index contributed by atoms with van der Waals surface area (Å²) in [5, 5.41) is 0. The molecule has 9 nitrogen and oxygen atoms in total. The van der Waals surface area contributed by atoms with Gasteiger partial charge in [0.05, 0.1) is 13.2 Å². The Morgan fingerprint density at radius 2 is 0.962 bits per heavy atom. The lowest BCUT2D eigenvalue weighted by atomic mass is 10.1. The van der Waals surface area contributed by atoms with E-state index in [9.17, 15) is 19.0 Å². The number of nitrogens with zero attached hydrogens (tertiary/aromatic N) is 1. The monoisotopic (exact) mass is 772 g/mol. The zero-order valence-electron chi connectivity index (χ0n) is 34.7. The maximum atomic E-state index is 12.6. The Hall–Kier alpha value is -1.51. The van der Waals surface area contributed by atoms with Crippen LogP contribution >= 0.6 is 7.82 Å². The van der Waals surface area contributed by atoms with Crippen LogP contribution in [-0.4, -0.2) is 68.3 Å². The molecule has 0 heterocycles. The zero-order chi connectivity index (χ0) is 39.1. The molecule has 2 atom stereocenters. The SMILES string of the molecule is CCCCCC/C=C\CCCCCCCCCC(=O)OCC(COP(=O)(O)OCCN(C)C)OC(=O)CCCCCCCCC/C=C\CCCCCC. The highest BCUT2D eigenvalue weighted by Gasteiger charge is 2.26. The number of esters is 2. The lowest BCUT2D eigenvalue weighted by Gasteiger charge is -2.20. The van der Waals surface area contributed by atoms with E-state index in [1.165, 1.54) is 109 Å². The van der Waals surface area contributed by atoms with E-state index in [0.29, 0.717) is 13.0 Å². The molecule has 0 radical (unpaired) electrons. The van der Waals surface area contributed by atoms with Crippen molar-refractivity contribution in [3.63, 3.8) is 0 Å². The summed E-state index contributed by atoms with van der Waals surface area (Å²) in [6.45, 7) is 4.30. The zero-order valence-corrected chi connectivity index (χ0v) is 35.6. The van der Waals surface area contributed by atoms with Crippen LogP contribution in [0.25, 0.3) is 0 Å². The van der Waals surface area contributed by atoms with Crippen molar-refractivity contribution in [1.82, 2.24) is 4.90 Å². The molecule has 0 aliphatic rings. The van der Waals surface area contributed by atoms with Crippen molar-refractivity contribution < 1.29 is 37.6 Å². The van der Waals surface area contributed by atoms with E-state index in [2.05, 4.69) is 38.2 Å². The van der Waals surface area contributed by atoms with Crippen molar-refractivity contribution >= 4 is 19.8 Å². The van der Waals surface area contributed by atoms with Crippen LogP contribution < -0.4 is 0 Å². The quantitative estimate of drug-likeness (QED) is 0.0281. The predicted molar refractivity (Wildman–Crippen MR) is 220 cm³/mol. The molecular formula is C43H82NO8P. The molecule has 0 aromatic rings. The number of hydrogen-bond acceptors (Lipinski definition) is 8. The van der Waals surface area contributed by atoms with Gasteiger partial charge in [-0.3, -0.25) is 18.6 Å². The normalized spacial score (nSPS) is 13.6. The summed E-state index contributed by atoms with van der Waals surface area (Å²) in [6.07, 6.45) is 39.3. The van der Waals surface area contributed by atoms with Crippen LogP contribution in [0.5, 0.6) is 0 Å². The standard InChI is InChI=1S/C43H82NO8P/c1-5-7-9-11-13-15-17-19-21-23-25-27-29-31-33-35-42(45)49-39-41(40-51-53(47,48)50-38-37-44(3)4)52-43(46)36-34-32-30-28-26-24-22-20-18-16-14-12-10-8-6-2/h15-18,41H,5-14,19-40H2,1-4H3,(H,47,48)/b17-15-,18-16-. The molecule has 10 heteroatoms. The highest BCUT2D eigenvalue weighted by molar-refractivity contribution is 7.47. The lowest BCUT2D eigenvalue weighted by Crippen LogP contribution is -2.29. The third kappa shape index (κ3) is 40.0. The minimum absolute atomic E-state index is 0.00700. The molecular weight excluding hydrogens is 689 g/mol. The Labute approximate surface area is 326 Å². The van der Waals surface area contributed by atoms with Crippen molar-refractivity contribution in [1.29, 1.82) is 0 Å².